The minimum atomic E-state index is -3.83. The number of benzene rings is 2. The summed E-state index contributed by atoms with van der Waals surface area (Å²) in [5, 5.41) is 5.24. The molecule has 0 spiro atoms. The highest BCUT2D eigenvalue weighted by Gasteiger charge is 2.29. The Morgan fingerprint density at radius 3 is 2.24 bits per heavy atom. The van der Waals surface area contributed by atoms with Crippen LogP contribution in [0.15, 0.2) is 53.4 Å². The number of hydrogen-bond acceptors (Lipinski definition) is 8. The first-order chi connectivity index (χ1) is 17.6. The minimum Gasteiger partial charge on any atom is -0.495 e. The maximum atomic E-state index is 13.1. The first kappa shape index (κ1) is 27.8. The summed E-state index contributed by atoms with van der Waals surface area (Å²) in [6, 6.07) is 11.0. The zero-order valence-electron chi connectivity index (χ0n) is 20.7. The summed E-state index contributed by atoms with van der Waals surface area (Å²) in [4.78, 5) is 35.7. The van der Waals surface area contributed by atoms with Crippen molar-refractivity contribution in [3.63, 3.8) is 0 Å². The van der Waals surface area contributed by atoms with Gasteiger partial charge in [0.05, 0.1) is 20.3 Å². The van der Waals surface area contributed by atoms with Gasteiger partial charge in [0.25, 0.3) is 5.91 Å². The van der Waals surface area contributed by atoms with Crippen molar-refractivity contribution in [2.45, 2.75) is 24.8 Å². The van der Waals surface area contributed by atoms with Gasteiger partial charge in [0.2, 0.25) is 15.9 Å². The van der Waals surface area contributed by atoms with E-state index in [9.17, 15) is 22.8 Å². The van der Waals surface area contributed by atoms with Crippen molar-refractivity contribution in [3.05, 3.63) is 54.1 Å². The summed E-state index contributed by atoms with van der Waals surface area (Å²) >= 11 is 0. The van der Waals surface area contributed by atoms with Crippen LogP contribution in [-0.4, -0.2) is 70.0 Å². The topological polar surface area (TPSA) is 140 Å². The average molecular weight is 532 g/mol. The molecule has 37 heavy (non-hydrogen) atoms. The number of nitrogens with one attached hydrogen (secondary N) is 2. The first-order valence-corrected chi connectivity index (χ1v) is 12.9. The Labute approximate surface area is 215 Å². The highest BCUT2D eigenvalue weighted by Crippen LogP contribution is 2.29. The SMILES string of the molecule is COc1ccc(/C=C/C(=O)O[C@@H](C)C(=O)Nc2ccc(NC(C)=O)cc2)cc1S(=O)(=O)N1CCOCC1. The summed E-state index contributed by atoms with van der Waals surface area (Å²) in [6.45, 7) is 3.89. The fourth-order valence-electron chi connectivity index (χ4n) is 3.44. The van der Waals surface area contributed by atoms with Crippen molar-refractivity contribution in [1.29, 1.82) is 0 Å². The van der Waals surface area contributed by atoms with E-state index in [1.807, 2.05) is 0 Å². The van der Waals surface area contributed by atoms with Crippen LogP contribution in [0.3, 0.4) is 0 Å². The number of nitrogens with zero attached hydrogens (tertiary/aromatic N) is 1. The number of ether oxygens (including phenoxy) is 3. The predicted molar refractivity (Wildman–Crippen MR) is 137 cm³/mol. The van der Waals surface area contributed by atoms with Crippen LogP contribution in [-0.2, 0) is 33.9 Å². The van der Waals surface area contributed by atoms with Crippen LogP contribution in [0.2, 0.25) is 0 Å². The van der Waals surface area contributed by atoms with Crippen LogP contribution in [0, 0.1) is 0 Å². The molecule has 0 radical (unpaired) electrons. The van der Waals surface area contributed by atoms with Gasteiger partial charge in [-0.25, -0.2) is 13.2 Å². The number of methoxy groups -OCH3 is 1. The van der Waals surface area contributed by atoms with Gasteiger partial charge in [0.15, 0.2) is 6.10 Å². The van der Waals surface area contributed by atoms with Crippen LogP contribution in [0.5, 0.6) is 5.75 Å². The van der Waals surface area contributed by atoms with Crippen molar-refractivity contribution < 1.29 is 37.0 Å². The predicted octanol–water partition coefficient (Wildman–Crippen LogP) is 2.26. The zero-order valence-corrected chi connectivity index (χ0v) is 21.5. The molecule has 198 valence electrons. The molecule has 1 fully saturated rings. The minimum absolute atomic E-state index is 0.0234. The summed E-state index contributed by atoms with van der Waals surface area (Å²) in [5.41, 5.74) is 1.47. The molecule has 2 aromatic rings. The lowest BCUT2D eigenvalue weighted by molar-refractivity contribution is -0.148. The third-order valence-electron chi connectivity index (χ3n) is 5.32. The van der Waals surface area contributed by atoms with E-state index in [2.05, 4.69) is 10.6 Å². The molecule has 0 aliphatic carbocycles. The Balaban J connectivity index is 1.63. The summed E-state index contributed by atoms with van der Waals surface area (Å²) in [7, 11) is -2.45. The van der Waals surface area contributed by atoms with Crippen LogP contribution >= 0.6 is 0 Å². The average Bonchev–Trinajstić information content (AvgIpc) is 2.88. The van der Waals surface area contributed by atoms with Gasteiger partial charge < -0.3 is 24.8 Å². The van der Waals surface area contributed by atoms with Crippen LogP contribution in [0.25, 0.3) is 6.08 Å². The lowest BCUT2D eigenvalue weighted by Crippen LogP contribution is -2.40. The van der Waals surface area contributed by atoms with Crippen molar-refractivity contribution in [2.24, 2.45) is 0 Å². The van der Waals surface area contributed by atoms with E-state index in [-0.39, 0.29) is 29.6 Å². The van der Waals surface area contributed by atoms with Crippen molar-refractivity contribution in [3.8, 4) is 5.75 Å². The van der Waals surface area contributed by atoms with Crippen molar-refractivity contribution >= 4 is 45.3 Å². The second-order valence-electron chi connectivity index (χ2n) is 8.09. The molecule has 2 amide bonds. The number of sulfonamides is 1. The number of carbonyl (C=O) groups is 3. The molecule has 2 aromatic carbocycles. The molecule has 0 unspecified atom stereocenters. The Bertz CT molecular complexity index is 1270. The van der Waals surface area contributed by atoms with E-state index < -0.39 is 28.0 Å². The highest BCUT2D eigenvalue weighted by molar-refractivity contribution is 7.89. The quantitative estimate of drug-likeness (QED) is 0.371. The Morgan fingerprint density at radius 1 is 1.03 bits per heavy atom. The summed E-state index contributed by atoms with van der Waals surface area (Å²) in [5.74, 6) is -1.36. The molecule has 11 nitrogen and oxygen atoms in total. The molecule has 0 aromatic heterocycles. The monoisotopic (exact) mass is 531 g/mol. The molecule has 0 saturated carbocycles. The van der Waals surface area contributed by atoms with E-state index in [4.69, 9.17) is 14.2 Å². The number of amides is 2. The lowest BCUT2D eigenvalue weighted by Gasteiger charge is -2.26. The largest absolute Gasteiger partial charge is 0.495 e. The van der Waals surface area contributed by atoms with Crippen LogP contribution < -0.4 is 15.4 Å². The smallest absolute Gasteiger partial charge is 0.331 e. The van der Waals surface area contributed by atoms with E-state index in [0.29, 0.717) is 30.2 Å². The van der Waals surface area contributed by atoms with Gasteiger partial charge in [-0.3, -0.25) is 9.59 Å². The van der Waals surface area contributed by atoms with Crippen LogP contribution in [0.4, 0.5) is 11.4 Å². The molecule has 1 aliphatic heterocycles. The normalized spacial score (nSPS) is 15.1. The van der Waals surface area contributed by atoms with E-state index in [1.165, 1.54) is 43.5 Å². The van der Waals surface area contributed by atoms with Gasteiger partial charge in [0.1, 0.15) is 10.6 Å². The van der Waals surface area contributed by atoms with Crippen molar-refractivity contribution in [1.82, 2.24) is 4.31 Å². The van der Waals surface area contributed by atoms with Gasteiger partial charge >= 0.3 is 5.97 Å². The number of hydrogen-bond donors (Lipinski definition) is 2. The maximum Gasteiger partial charge on any atom is 0.331 e. The molecular formula is C25H29N3O8S. The highest BCUT2D eigenvalue weighted by atomic mass is 32.2. The molecule has 1 atom stereocenters. The second-order valence-corrected chi connectivity index (χ2v) is 9.99. The molecule has 1 aliphatic rings. The molecule has 12 heteroatoms. The fraction of sp³-hybridized carbons (Fsp3) is 0.320. The van der Waals surface area contributed by atoms with Crippen LogP contribution in [0.1, 0.15) is 19.4 Å². The molecule has 2 N–H and O–H groups in total. The van der Waals surface area contributed by atoms with Gasteiger partial charge in [-0.15, -0.1) is 0 Å². The molecule has 1 heterocycles. The molecule has 0 bridgehead atoms. The number of rotatable bonds is 9. The molecule has 3 rings (SSSR count). The van der Waals surface area contributed by atoms with Gasteiger partial charge in [-0.1, -0.05) is 6.07 Å². The third kappa shape index (κ3) is 7.62. The van der Waals surface area contributed by atoms with Gasteiger partial charge in [0, 0.05) is 37.5 Å². The fourth-order valence-corrected chi connectivity index (χ4v) is 5.04. The molecule has 1 saturated heterocycles. The van der Waals surface area contributed by atoms with Gasteiger partial charge in [-0.05, 0) is 55.0 Å². The van der Waals surface area contributed by atoms with E-state index in [1.54, 1.807) is 30.3 Å². The first-order valence-electron chi connectivity index (χ1n) is 11.4. The number of esters is 1. The number of anilines is 2. The standard InChI is InChI=1S/C25H29N3O8S/c1-17(25(31)27-21-8-6-20(7-9-21)26-18(2)29)36-24(30)11-5-19-4-10-22(34-3)23(16-19)37(32,33)28-12-14-35-15-13-28/h4-11,16-17H,12-15H2,1-3H3,(H,26,29)(H,27,31)/b11-5+/t17-/m0/s1. The summed E-state index contributed by atoms with van der Waals surface area (Å²) in [6.07, 6.45) is 1.41. The summed E-state index contributed by atoms with van der Waals surface area (Å²) < 4.78 is 43.2. The van der Waals surface area contributed by atoms with Crippen molar-refractivity contribution in [2.75, 3.05) is 44.0 Å². The number of morpholine rings is 1. The lowest BCUT2D eigenvalue weighted by atomic mass is 10.2. The Morgan fingerprint density at radius 2 is 1.65 bits per heavy atom. The Kier molecular flexibility index (Phi) is 9.39. The Hall–Kier alpha value is -3.74. The van der Waals surface area contributed by atoms with E-state index in [0.717, 1.165) is 6.08 Å². The third-order valence-corrected chi connectivity index (χ3v) is 7.24. The number of carbonyl (C=O) groups excluding carboxylic acids is 3. The second kappa shape index (κ2) is 12.5. The zero-order chi connectivity index (χ0) is 27.0. The van der Waals surface area contributed by atoms with E-state index >= 15 is 0 Å². The van der Waals surface area contributed by atoms with Gasteiger partial charge in [-0.2, -0.15) is 4.31 Å². The molecular weight excluding hydrogens is 502 g/mol. The maximum absolute atomic E-state index is 13.1.